The Kier molecular flexibility index (Phi) is 11.3. The molecule has 4 heteroatoms. The summed E-state index contributed by atoms with van der Waals surface area (Å²) in [7, 11) is 8.26. The molecule has 0 saturated carbocycles. The van der Waals surface area contributed by atoms with E-state index < -0.39 is 0 Å². The van der Waals surface area contributed by atoms with Crippen molar-refractivity contribution in [3.63, 3.8) is 0 Å². The molecule has 4 nitrogen and oxygen atoms in total. The average molecular weight is 389 g/mol. The Hall–Kier alpha value is -1.70. The first-order valence-corrected chi connectivity index (χ1v) is 10.2. The molecule has 0 saturated heterocycles. The fraction of sp³-hybridized carbons (Fsp3) is 0.667. The van der Waals surface area contributed by atoms with Crippen LogP contribution in [0.2, 0.25) is 0 Å². The van der Waals surface area contributed by atoms with E-state index in [0.717, 1.165) is 37.3 Å². The van der Waals surface area contributed by atoms with Gasteiger partial charge in [-0.25, -0.2) is 0 Å². The van der Waals surface area contributed by atoms with Gasteiger partial charge in [-0.1, -0.05) is 39.0 Å². The first-order chi connectivity index (χ1) is 12.8. The van der Waals surface area contributed by atoms with Crippen LogP contribution < -0.4 is 5.73 Å². The number of hydrogen-bond donors (Lipinski definition) is 1. The highest BCUT2D eigenvalue weighted by molar-refractivity contribution is 5.28. The van der Waals surface area contributed by atoms with Crippen LogP contribution in [0.5, 0.6) is 0 Å². The standard InChI is InChI=1S/C24H44N4/c1-12-22(15-18-28(11)23(19(2)3)21(5)25)14-17-27(10)20(4)13-16-24(6,7)26(8)9/h12,19,22-23H,1,4-5,14-15,17-18,25H2,2-3,6-11H3. The van der Waals surface area contributed by atoms with Crippen molar-refractivity contribution in [2.45, 2.75) is 52.1 Å². The van der Waals surface area contributed by atoms with Crippen LogP contribution in [-0.4, -0.2) is 67.6 Å². The molecular weight excluding hydrogens is 344 g/mol. The van der Waals surface area contributed by atoms with Crippen molar-refractivity contribution < 1.29 is 0 Å². The highest BCUT2D eigenvalue weighted by atomic mass is 15.1. The molecule has 0 spiro atoms. The summed E-state index contributed by atoms with van der Waals surface area (Å²) in [5, 5.41) is 0. The van der Waals surface area contributed by atoms with E-state index in [1.807, 2.05) is 14.1 Å². The van der Waals surface area contributed by atoms with Gasteiger partial charge in [0.25, 0.3) is 0 Å². The molecule has 0 fully saturated rings. The molecule has 0 amide bonds. The van der Waals surface area contributed by atoms with Gasteiger partial charge in [0.1, 0.15) is 0 Å². The van der Waals surface area contributed by atoms with E-state index in [0.29, 0.717) is 11.8 Å². The number of likely N-dealkylation sites (N-methyl/N-ethyl adjacent to an activating group) is 1. The van der Waals surface area contributed by atoms with Crippen molar-refractivity contribution in [2.24, 2.45) is 17.6 Å². The zero-order valence-electron chi connectivity index (χ0n) is 19.7. The molecule has 160 valence electrons. The van der Waals surface area contributed by atoms with Gasteiger partial charge in [-0.3, -0.25) is 9.80 Å². The SMILES string of the molecule is C=CC(CCN(C)C(=C)C#CC(C)(C)N(C)C)CCN(C)C(C(=C)N)C(C)C. The molecule has 0 rings (SSSR count). The van der Waals surface area contributed by atoms with Crippen LogP contribution in [0.3, 0.4) is 0 Å². The second-order valence-corrected chi connectivity index (χ2v) is 8.89. The molecule has 2 N–H and O–H groups in total. The van der Waals surface area contributed by atoms with Crippen molar-refractivity contribution in [3.05, 3.63) is 37.2 Å². The predicted octanol–water partition coefficient (Wildman–Crippen LogP) is 3.79. The van der Waals surface area contributed by atoms with Crippen molar-refractivity contribution >= 4 is 0 Å². The summed E-state index contributed by atoms with van der Waals surface area (Å²) in [6, 6.07) is 0.211. The Morgan fingerprint density at radius 3 is 2.04 bits per heavy atom. The van der Waals surface area contributed by atoms with Gasteiger partial charge in [-0.2, -0.15) is 0 Å². The molecule has 0 aromatic rings. The molecule has 2 atom stereocenters. The van der Waals surface area contributed by atoms with Crippen molar-refractivity contribution in [1.29, 1.82) is 0 Å². The third-order valence-electron chi connectivity index (χ3n) is 5.60. The van der Waals surface area contributed by atoms with E-state index in [9.17, 15) is 0 Å². The quantitative estimate of drug-likeness (QED) is 0.408. The van der Waals surface area contributed by atoms with E-state index in [1.54, 1.807) is 0 Å². The Morgan fingerprint density at radius 1 is 1.07 bits per heavy atom. The van der Waals surface area contributed by atoms with Gasteiger partial charge in [-0.05, 0) is 72.1 Å². The van der Waals surface area contributed by atoms with Crippen molar-refractivity contribution in [3.8, 4) is 11.8 Å². The van der Waals surface area contributed by atoms with E-state index in [1.165, 1.54) is 0 Å². The van der Waals surface area contributed by atoms with Gasteiger partial charge in [-0.15, -0.1) is 6.58 Å². The molecule has 0 aliphatic carbocycles. The van der Waals surface area contributed by atoms with Crippen LogP contribution >= 0.6 is 0 Å². The second-order valence-electron chi connectivity index (χ2n) is 8.89. The lowest BCUT2D eigenvalue weighted by Crippen LogP contribution is -2.40. The zero-order chi connectivity index (χ0) is 22.1. The first kappa shape index (κ1) is 26.3. The van der Waals surface area contributed by atoms with Crippen LogP contribution in [0, 0.1) is 23.7 Å². The van der Waals surface area contributed by atoms with Gasteiger partial charge in [0.15, 0.2) is 0 Å². The summed E-state index contributed by atoms with van der Waals surface area (Å²) in [6.07, 6.45) is 4.14. The predicted molar refractivity (Wildman–Crippen MR) is 125 cm³/mol. The molecule has 0 bridgehead atoms. The molecule has 0 aromatic carbocycles. The van der Waals surface area contributed by atoms with Crippen molar-refractivity contribution in [2.75, 3.05) is 41.3 Å². The summed E-state index contributed by atoms with van der Waals surface area (Å²) >= 11 is 0. The van der Waals surface area contributed by atoms with Gasteiger partial charge >= 0.3 is 0 Å². The van der Waals surface area contributed by atoms with Crippen molar-refractivity contribution in [1.82, 2.24) is 14.7 Å². The lowest BCUT2D eigenvalue weighted by molar-refractivity contribution is 0.208. The Balaban J connectivity index is 4.65. The van der Waals surface area contributed by atoms with Gasteiger partial charge in [0.2, 0.25) is 0 Å². The number of allylic oxidation sites excluding steroid dienone is 2. The maximum Gasteiger partial charge on any atom is 0.0804 e. The highest BCUT2D eigenvalue weighted by Gasteiger charge is 2.21. The highest BCUT2D eigenvalue weighted by Crippen LogP contribution is 2.18. The normalized spacial score (nSPS) is 13.8. The fourth-order valence-electron chi connectivity index (χ4n) is 3.04. The largest absolute Gasteiger partial charge is 0.401 e. The maximum absolute atomic E-state index is 6.00. The van der Waals surface area contributed by atoms with Crippen LogP contribution in [0.4, 0.5) is 0 Å². The Labute approximate surface area is 175 Å². The van der Waals surface area contributed by atoms with E-state index in [2.05, 4.69) is 94.1 Å². The maximum atomic E-state index is 6.00. The van der Waals surface area contributed by atoms with Gasteiger partial charge in [0, 0.05) is 19.3 Å². The molecule has 0 aromatic heterocycles. The molecular formula is C24H44N4. The van der Waals surface area contributed by atoms with Crippen LogP contribution in [0.25, 0.3) is 0 Å². The molecule has 2 unspecified atom stereocenters. The topological polar surface area (TPSA) is 35.7 Å². The summed E-state index contributed by atoms with van der Waals surface area (Å²) in [5.41, 5.74) is 7.42. The first-order valence-electron chi connectivity index (χ1n) is 10.2. The summed E-state index contributed by atoms with van der Waals surface area (Å²) in [6.45, 7) is 22.6. The molecule has 0 radical (unpaired) electrons. The number of nitrogens with two attached hydrogens (primary N) is 1. The van der Waals surface area contributed by atoms with Crippen LogP contribution in [0.15, 0.2) is 37.2 Å². The van der Waals surface area contributed by atoms with Gasteiger partial charge < -0.3 is 10.6 Å². The molecule has 28 heavy (non-hydrogen) atoms. The molecule has 0 heterocycles. The molecule has 0 aliphatic heterocycles. The van der Waals surface area contributed by atoms with Crippen LogP contribution in [-0.2, 0) is 0 Å². The second kappa shape index (κ2) is 12.0. The van der Waals surface area contributed by atoms with E-state index in [4.69, 9.17) is 5.73 Å². The summed E-state index contributed by atoms with van der Waals surface area (Å²) < 4.78 is 0. The minimum atomic E-state index is -0.169. The molecule has 0 aliphatic rings. The monoisotopic (exact) mass is 388 g/mol. The van der Waals surface area contributed by atoms with E-state index >= 15 is 0 Å². The zero-order valence-corrected chi connectivity index (χ0v) is 19.7. The summed E-state index contributed by atoms with van der Waals surface area (Å²) in [5.74, 6) is 7.42. The Morgan fingerprint density at radius 2 is 1.61 bits per heavy atom. The Bertz CT molecular complexity index is 577. The minimum Gasteiger partial charge on any atom is -0.401 e. The average Bonchev–Trinajstić information content (AvgIpc) is 2.58. The third-order valence-corrected chi connectivity index (χ3v) is 5.60. The number of nitrogens with zero attached hydrogens (tertiary/aromatic N) is 3. The number of hydrogen-bond acceptors (Lipinski definition) is 4. The lowest BCUT2D eigenvalue weighted by Gasteiger charge is -2.32. The fourth-order valence-corrected chi connectivity index (χ4v) is 3.04. The third kappa shape index (κ3) is 8.99. The number of rotatable bonds is 12. The smallest absolute Gasteiger partial charge is 0.0804 e. The van der Waals surface area contributed by atoms with Crippen LogP contribution in [0.1, 0.15) is 40.5 Å². The minimum absolute atomic E-state index is 0.169. The van der Waals surface area contributed by atoms with E-state index in [-0.39, 0.29) is 11.6 Å². The van der Waals surface area contributed by atoms with Gasteiger partial charge in [0.05, 0.1) is 17.3 Å². The summed E-state index contributed by atoms with van der Waals surface area (Å²) in [4.78, 5) is 6.55. The lowest BCUT2D eigenvalue weighted by atomic mass is 9.97.